The Hall–Kier alpha value is -1.69. The number of aromatic nitrogens is 1. The number of hydrogen-bond acceptors (Lipinski definition) is 3. The van der Waals surface area contributed by atoms with Crippen molar-refractivity contribution in [3.8, 4) is 0 Å². The molecule has 156 valence electrons. The number of nitrogens with zero attached hydrogens (tertiary/aromatic N) is 1. The Labute approximate surface area is 175 Å². The van der Waals surface area contributed by atoms with Gasteiger partial charge in [-0.25, -0.2) is 8.78 Å². The van der Waals surface area contributed by atoms with Crippen molar-refractivity contribution in [2.45, 2.75) is 51.1 Å². The topological polar surface area (TPSA) is 42.0 Å². The van der Waals surface area contributed by atoms with E-state index < -0.39 is 11.1 Å². The van der Waals surface area contributed by atoms with Crippen LogP contribution in [0.5, 0.6) is 0 Å². The molecule has 29 heavy (non-hydrogen) atoms. The molecule has 4 rings (SSSR count). The second kappa shape index (κ2) is 7.53. The van der Waals surface area contributed by atoms with Crippen LogP contribution >= 0.6 is 11.8 Å². The van der Waals surface area contributed by atoms with E-state index in [1.54, 1.807) is 32.2 Å². The lowest BCUT2D eigenvalue weighted by Gasteiger charge is -2.37. The predicted octanol–water partition coefficient (Wildman–Crippen LogP) is 5.45. The minimum Gasteiger partial charge on any atom is -0.347 e. The Kier molecular flexibility index (Phi) is 5.34. The highest BCUT2D eigenvalue weighted by Crippen LogP contribution is 2.60. The van der Waals surface area contributed by atoms with Crippen molar-refractivity contribution < 1.29 is 13.6 Å². The first-order valence-corrected chi connectivity index (χ1v) is 11.6. The summed E-state index contributed by atoms with van der Waals surface area (Å²) in [5, 5.41) is 3.70. The van der Waals surface area contributed by atoms with E-state index in [1.807, 2.05) is 12.3 Å². The smallest absolute Gasteiger partial charge is 0.229 e. The minimum atomic E-state index is -1.48. The van der Waals surface area contributed by atoms with Crippen LogP contribution < -0.4 is 5.32 Å². The summed E-state index contributed by atoms with van der Waals surface area (Å²) in [7, 11) is 0. The van der Waals surface area contributed by atoms with Gasteiger partial charge in [-0.2, -0.15) is 0 Å². The highest BCUT2D eigenvalue weighted by Gasteiger charge is 2.59. The molecule has 0 saturated heterocycles. The van der Waals surface area contributed by atoms with Crippen LogP contribution in [-0.2, 0) is 4.79 Å². The first-order valence-electron chi connectivity index (χ1n) is 10.3. The molecular weight excluding hydrogens is 390 g/mol. The van der Waals surface area contributed by atoms with Gasteiger partial charge >= 0.3 is 0 Å². The largest absolute Gasteiger partial charge is 0.347 e. The number of thioether (sulfide) groups is 1. The second-order valence-electron chi connectivity index (χ2n) is 9.19. The zero-order valence-electron chi connectivity index (χ0n) is 17.2. The summed E-state index contributed by atoms with van der Waals surface area (Å²) in [6, 6.07) is 6.69. The number of amides is 1. The number of carbonyl (C=O) groups excluding carboxylic acids is 1. The molecule has 1 N–H and O–H groups in total. The molecule has 0 bridgehead atoms. The van der Waals surface area contributed by atoms with E-state index in [4.69, 9.17) is 0 Å². The summed E-state index contributed by atoms with van der Waals surface area (Å²) in [5.74, 6) is 0.838. The van der Waals surface area contributed by atoms with Gasteiger partial charge in [-0.05, 0) is 93.4 Å². The SMILES string of the molecule is CSCNC(=O)C(C)(C)C1(F)C[C@H]2C[C@@H](c3ccnc4ccc(F)cc34)C[C@H]2C1. The van der Waals surface area contributed by atoms with Gasteiger partial charge in [0, 0.05) is 11.6 Å². The van der Waals surface area contributed by atoms with Crippen molar-refractivity contribution in [3.63, 3.8) is 0 Å². The van der Waals surface area contributed by atoms with Gasteiger partial charge in [0.05, 0.1) is 16.8 Å². The lowest BCUT2D eigenvalue weighted by atomic mass is 9.72. The van der Waals surface area contributed by atoms with Crippen LogP contribution in [0, 0.1) is 23.1 Å². The molecule has 2 aliphatic rings. The quantitative estimate of drug-likeness (QED) is 0.657. The van der Waals surface area contributed by atoms with Crippen LogP contribution in [0.15, 0.2) is 30.5 Å². The van der Waals surface area contributed by atoms with E-state index in [2.05, 4.69) is 10.3 Å². The van der Waals surface area contributed by atoms with Crippen molar-refractivity contribution >= 4 is 28.6 Å². The molecule has 2 aliphatic carbocycles. The second-order valence-corrected chi connectivity index (χ2v) is 10.1. The maximum absolute atomic E-state index is 16.0. The van der Waals surface area contributed by atoms with Gasteiger partial charge in [0.1, 0.15) is 11.5 Å². The van der Waals surface area contributed by atoms with Crippen LogP contribution in [0.25, 0.3) is 10.9 Å². The van der Waals surface area contributed by atoms with Crippen LogP contribution in [0.1, 0.15) is 51.0 Å². The van der Waals surface area contributed by atoms with Gasteiger partial charge in [0.25, 0.3) is 0 Å². The fraction of sp³-hybridized carbons (Fsp3) is 0.565. The summed E-state index contributed by atoms with van der Waals surface area (Å²) in [4.78, 5) is 16.9. The third-order valence-corrected chi connectivity index (χ3v) is 7.69. The molecule has 0 aliphatic heterocycles. The van der Waals surface area contributed by atoms with Gasteiger partial charge in [0.2, 0.25) is 5.91 Å². The Bertz CT molecular complexity index is 918. The summed E-state index contributed by atoms with van der Waals surface area (Å²) in [6.07, 6.45) is 6.30. The molecule has 1 heterocycles. The normalized spacial score (nSPS) is 29.2. The Morgan fingerprint density at radius 1 is 1.28 bits per heavy atom. The lowest BCUT2D eigenvalue weighted by Crippen LogP contribution is -2.50. The number of nitrogens with one attached hydrogen (secondary N) is 1. The Balaban J connectivity index is 1.52. The monoisotopic (exact) mass is 418 g/mol. The van der Waals surface area contributed by atoms with E-state index in [0.717, 1.165) is 29.3 Å². The van der Waals surface area contributed by atoms with Gasteiger partial charge in [-0.3, -0.25) is 9.78 Å². The number of rotatable bonds is 5. The number of halogens is 2. The zero-order valence-corrected chi connectivity index (χ0v) is 18.0. The van der Waals surface area contributed by atoms with Gasteiger partial charge in [-0.15, -0.1) is 11.8 Å². The van der Waals surface area contributed by atoms with E-state index in [-0.39, 0.29) is 29.5 Å². The highest BCUT2D eigenvalue weighted by molar-refractivity contribution is 7.98. The predicted molar refractivity (Wildman–Crippen MR) is 114 cm³/mol. The Morgan fingerprint density at radius 2 is 1.97 bits per heavy atom. The third kappa shape index (κ3) is 3.54. The average molecular weight is 419 g/mol. The minimum absolute atomic E-state index is 0.207. The number of alkyl halides is 1. The highest BCUT2D eigenvalue weighted by atomic mass is 32.2. The fourth-order valence-corrected chi connectivity index (χ4v) is 5.72. The zero-order chi connectivity index (χ0) is 20.8. The molecule has 1 aromatic heterocycles. The number of benzene rings is 1. The van der Waals surface area contributed by atoms with E-state index in [9.17, 15) is 9.18 Å². The van der Waals surface area contributed by atoms with Gasteiger partial charge < -0.3 is 5.32 Å². The molecule has 1 unspecified atom stereocenters. The Morgan fingerprint density at radius 3 is 2.62 bits per heavy atom. The number of hydrogen-bond donors (Lipinski definition) is 1. The number of pyridine rings is 1. The summed E-state index contributed by atoms with van der Waals surface area (Å²) in [5.41, 5.74) is -0.616. The van der Waals surface area contributed by atoms with Gasteiger partial charge in [0.15, 0.2) is 0 Å². The molecule has 1 amide bonds. The average Bonchev–Trinajstić information content (AvgIpc) is 3.21. The van der Waals surface area contributed by atoms with Crippen LogP contribution in [0.2, 0.25) is 0 Å². The van der Waals surface area contributed by atoms with E-state index in [0.29, 0.717) is 18.7 Å². The van der Waals surface area contributed by atoms with Crippen LogP contribution in [0.4, 0.5) is 8.78 Å². The molecule has 2 fully saturated rings. The lowest BCUT2D eigenvalue weighted by molar-refractivity contribution is -0.138. The molecule has 0 radical (unpaired) electrons. The van der Waals surface area contributed by atoms with Crippen molar-refractivity contribution in [2.24, 2.45) is 17.3 Å². The summed E-state index contributed by atoms with van der Waals surface area (Å²) in [6.45, 7) is 3.47. The number of carbonyl (C=O) groups is 1. The van der Waals surface area contributed by atoms with Crippen LogP contribution in [0.3, 0.4) is 0 Å². The van der Waals surface area contributed by atoms with Crippen molar-refractivity contribution in [1.82, 2.24) is 10.3 Å². The number of fused-ring (bicyclic) bond motifs is 2. The van der Waals surface area contributed by atoms with Crippen molar-refractivity contribution in [2.75, 3.05) is 12.1 Å². The van der Waals surface area contributed by atoms with Gasteiger partial charge in [-0.1, -0.05) is 0 Å². The van der Waals surface area contributed by atoms with E-state index >= 15 is 4.39 Å². The van der Waals surface area contributed by atoms with Crippen molar-refractivity contribution in [3.05, 3.63) is 41.8 Å². The third-order valence-electron chi connectivity index (χ3n) is 7.25. The maximum atomic E-state index is 16.0. The maximum Gasteiger partial charge on any atom is 0.229 e. The fourth-order valence-electron chi connectivity index (χ4n) is 5.45. The molecule has 4 atom stereocenters. The standard InChI is InChI=1S/C23H28F2N2OS/c1-22(2,21(28)27-13-29-3)23(25)11-15-8-14(9-16(15)12-23)18-6-7-26-20-5-4-17(24)10-19(18)20/h4-7,10,14-16H,8-9,11-13H2,1-3H3,(H,27,28)/t14-,15-,16+,23?. The molecule has 6 heteroatoms. The summed E-state index contributed by atoms with van der Waals surface area (Å²) < 4.78 is 29.8. The van der Waals surface area contributed by atoms with E-state index in [1.165, 1.54) is 17.8 Å². The van der Waals surface area contributed by atoms with Crippen molar-refractivity contribution in [1.29, 1.82) is 0 Å². The molecule has 2 aromatic rings. The van der Waals surface area contributed by atoms with Crippen LogP contribution in [-0.4, -0.2) is 28.7 Å². The first-order chi connectivity index (χ1) is 13.7. The molecule has 2 saturated carbocycles. The molecular formula is C23H28F2N2OS. The molecule has 1 aromatic carbocycles. The molecule has 3 nitrogen and oxygen atoms in total. The molecule has 0 spiro atoms. The summed E-state index contributed by atoms with van der Waals surface area (Å²) >= 11 is 1.52. The first kappa shape index (κ1) is 20.6.